The number of nitrogens with zero attached hydrogens (tertiary/aromatic N) is 3. The zero-order chi connectivity index (χ0) is 20.0. The van der Waals surface area contributed by atoms with Crippen LogP contribution in [0.1, 0.15) is 32.6 Å². The molecular formula is C23H25N3O2S. The molecule has 1 saturated heterocycles. The van der Waals surface area contributed by atoms with Crippen molar-refractivity contribution in [1.29, 1.82) is 0 Å². The van der Waals surface area contributed by atoms with Crippen LogP contribution < -0.4 is 4.90 Å². The molecule has 5 nitrogen and oxygen atoms in total. The molecule has 3 heterocycles. The van der Waals surface area contributed by atoms with Crippen molar-refractivity contribution in [2.24, 2.45) is 10.9 Å². The molecule has 6 heteroatoms. The summed E-state index contributed by atoms with van der Waals surface area (Å²) in [4.78, 5) is 24.9. The number of aliphatic imine (C=N–C) groups is 1. The fourth-order valence-electron chi connectivity index (χ4n) is 4.92. The minimum absolute atomic E-state index is 0.123. The number of carbonyl (C=O) groups is 1. The van der Waals surface area contributed by atoms with Crippen LogP contribution in [0, 0.1) is 5.92 Å². The first kappa shape index (κ1) is 18.7. The molecule has 3 aliphatic rings. The summed E-state index contributed by atoms with van der Waals surface area (Å²) in [5, 5.41) is 12.0. The highest BCUT2D eigenvalue weighted by atomic mass is 32.1. The average molecular weight is 408 g/mol. The van der Waals surface area contributed by atoms with Gasteiger partial charge in [-0.05, 0) is 30.9 Å². The summed E-state index contributed by atoms with van der Waals surface area (Å²) in [5.41, 5.74) is 3.21. The van der Waals surface area contributed by atoms with E-state index in [-0.39, 0.29) is 12.2 Å². The summed E-state index contributed by atoms with van der Waals surface area (Å²) in [5.74, 6) is 0.477. The van der Waals surface area contributed by atoms with Crippen molar-refractivity contribution in [2.45, 2.75) is 38.2 Å². The fraction of sp³-hybridized carbons (Fsp3) is 0.435. The summed E-state index contributed by atoms with van der Waals surface area (Å²) in [7, 11) is 0. The highest BCUT2D eigenvalue weighted by Gasteiger charge is 2.43. The molecule has 0 radical (unpaired) electrons. The number of anilines is 1. The molecule has 2 aromatic rings. The van der Waals surface area contributed by atoms with Gasteiger partial charge < -0.3 is 10.0 Å². The van der Waals surface area contributed by atoms with Crippen LogP contribution in [0.15, 0.2) is 52.7 Å². The molecule has 1 N–H and O–H groups in total. The van der Waals surface area contributed by atoms with Crippen molar-refractivity contribution in [3.8, 4) is 10.4 Å². The first-order chi connectivity index (χ1) is 14.0. The number of piperidine rings is 1. The summed E-state index contributed by atoms with van der Waals surface area (Å²) >= 11 is 1.74. The number of benzene rings is 1. The van der Waals surface area contributed by atoms with Gasteiger partial charge in [-0.3, -0.25) is 9.79 Å². The van der Waals surface area contributed by atoms with Gasteiger partial charge in [0.1, 0.15) is 5.78 Å². The summed E-state index contributed by atoms with van der Waals surface area (Å²) in [6.45, 7) is 4.24. The minimum Gasteiger partial charge on any atom is -0.385 e. The summed E-state index contributed by atoms with van der Waals surface area (Å²) in [6.07, 6.45) is 4.64. The van der Waals surface area contributed by atoms with E-state index >= 15 is 0 Å². The second kappa shape index (κ2) is 7.18. The number of aliphatic hydroxyl groups is 1. The Balaban J connectivity index is 1.28. The highest BCUT2D eigenvalue weighted by molar-refractivity contribution is 7.18. The molecule has 1 aliphatic carbocycles. The van der Waals surface area contributed by atoms with E-state index in [1.165, 1.54) is 10.4 Å². The van der Waals surface area contributed by atoms with Gasteiger partial charge in [-0.1, -0.05) is 41.7 Å². The second-order valence-corrected chi connectivity index (χ2v) is 9.49. The van der Waals surface area contributed by atoms with Gasteiger partial charge in [0.05, 0.1) is 17.0 Å². The normalized spacial score (nSPS) is 25.4. The number of hydrogen-bond acceptors (Lipinski definition) is 6. The van der Waals surface area contributed by atoms with E-state index < -0.39 is 5.60 Å². The Kier molecular flexibility index (Phi) is 4.63. The molecule has 0 spiro atoms. The molecule has 1 atom stereocenters. The zero-order valence-corrected chi connectivity index (χ0v) is 17.4. The number of hydrogen-bond donors (Lipinski definition) is 1. The first-order valence-corrected chi connectivity index (χ1v) is 11.1. The lowest BCUT2D eigenvalue weighted by atomic mass is 9.74. The van der Waals surface area contributed by atoms with Gasteiger partial charge >= 0.3 is 0 Å². The van der Waals surface area contributed by atoms with Gasteiger partial charge in [-0.25, -0.2) is 4.98 Å². The molecule has 0 amide bonds. The van der Waals surface area contributed by atoms with Crippen molar-refractivity contribution < 1.29 is 9.90 Å². The van der Waals surface area contributed by atoms with Crippen LogP contribution in [0.25, 0.3) is 10.4 Å². The predicted molar refractivity (Wildman–Crippen MR) is 117 cm³/mol. The quantitative estimate of drug-likeness (QED) is 0.838. The molecule has 1 aromatic heterocycles. The van der Waals surface area contributed by atoms with Gasteiger partial charge in [0.2, 0.25) is 0 Å². The molecule has 1 unspecified atom stereocenters. The van der Waals surface area contributed by atoms with E-state index in [1.807, 2.05) is 12.3 Å². The Morgan fingerprint density at radius 2 is 1.97 bits per heavy atom. The maximum absolute atomic E-state index is 12.0. The van der Waals surface area contributed by atoms with Gasteiger partial charge in [-0.2, -0.15) is 0 Å². The molecule has 0 saturated carbocycles. The van der Waals surface area contributed by atoms with Crippen molar-refractivity contribution in [2.75, 3.05) is 24.5 Å². The van der Waals surface area contributed by atoms with Crippen LogP contribution in [0.5, 0.6) is 0 Å². The maximum Gasteiger partial charge on any atom is 0.185 e. The molecule has 5 rings (SSSR count). The lowest BCUT2D eigenvalue weighted by Gasteiger charge is -2.36. The highest BCUT2D eigenvalue weighted by Crippen LogP contribution is 2.40. The van der Waals surface area contributed by atoms with Crippen LogP contribution in [0.2, 0.25) is 0 Å². The number of carbonyl (C=O) groups excluding carboxylic acids is 1. The van der Waals surface area contributed by atoms with Crippen LogP contribution >= 0.6 is 11.3 Å². The van der Waals surface area contributed by atoms with Crippen molar-refractivity contribution in [3.63, 3.8) is 0 Å². The Bertz CT molecular complexity index is 998. The topological polar surface area (TPSA) is 65.8 Å². The van der Waals surface area contributed by atoms with Crippen LogP contribution in [-0.4, -0.2) is 46.8 Å². The summed E-state index contributed by atoms with van der Waals surface area (Å²) in [6, 6.07) is 10.4. The average Bonchev–Trinajstić information content (AvgIpc) is 3.36. The van der Waals surface area contributed by atoms with Crippen molar-refractivity contribution >= 4 is 28.0 Å². The van der Waals surface area contributed by atoms with Crippen LogP contribution in [-0.2, 0) is 4.79 Å². The number of aromatic nitrogens is 1. The smallest absolute Gasteiger partial charge is 0.185 e. The molecule has 2 aliphatic heterocycles. The molecule has 1 aromatic carbocycles. The maximum atomic E-state index is 12.0. The van der Waals surface area contributed by atoms with E-state index in [1.54, 1.807) is 18.3 Å². The Labute approximate surface area is 174 Å². The largest absolute Gasteiger partial charge is 0.385 e. The third-order valence-corrected chi connectivity index (χ3v) is 7.35. The second-order valence-electron chi connectivity index (χ2n) is 8.48. The van der Waals surface area contributed by atoms with E-state index in [0.717, 1.165) is 47.9 Å². The van der Waals surface area contributed by atoms with Gasteiger partial charge in [0.15, 0.2) is 5.13 Å². The SMILES string of the molecule is CC1(O)CC(=O)CC2=C1C(C1CCN(c3ncc(-c4ccccc4)s3)CC1)=NC2. The Hall–Kier alpha value is -2.31. The Morgan fingerprint density at radius 1 is 1.21 bits per heavy atom. The standard InChI is InChI=1S/C23H25N3O2S/c1-23(28)12-18(27)11-17-13-24-21(20(17)23)16-7-9-26(10-8-16)22-25-14-19(29-22)15-5-3-2-4-6-15/h2-6,14,16,28H,7-13H2,1H3. The molecule has 29 heavy (non-hydrogen) atoms. The van der Waals surface area contributed by atoms with E-state index in [9.17, 15) is 9.90 Å². The molecule has 1 fully saturated rings. The lowest BCUT2D eigenvalue weighted by molar-refractivity contribution is -0.122. The Morgan fingerprint density at radius 3 is 2.72 bits per heavy atom. The van der Waals surface area contributed by atoms with E-state index in [0.29, 0.717) is 18.9 Å². The van der Waals surface area contributed by atoms with Crippen molar-refractivity contribution in [3.05, 3.63) is 47.7 Å². The van der Waals surface area contributed by atoms with E-state index in [2.05, 4.69) is 34.1 Å². The monoisotopic (exact) mass is 407 g/mol. The number of rotatable bonds is 3. The third kappa shape index (κ3) is 3.45. The number of Topliss-reactive ketones (excluding diaryl/α,β-unsaturated/α-hetero) is 1. The summed E-state index contributed by atoms with van der Waals surface area (Å²) < 4.78 is 0. The molecule has 0 bridgehead atoms. The molecule has 150 valence electrons. The minimum atomic E-state index is -1.06. The van der Waals surface area contributed by atoms with E-state index in [4.69, 9.17) is 4.99 Å². The van der Waals surface area contributed by atoms with Crippen LogP contribution in [0.4, 0.5) is 5.13 Å². The lowest BCUT2D eigenvalue weighted by Crippen LogP contribution is -2.42. The van der Waals surface area contributed by atoms with Crippen molar-refractivity contribution in [1.82, 2.24) is 4.98 Å². The van der Waals surface area contributed by atoms with Crippen LogP contribution in [0.3, 0.4) is 0 Å². The molecular weight excluding hydrogens is 382 g/mol. The number of ketones is 1. The number of thiazole rings is 1. The van der Waals surface area contributed by atoms with Gasteiger partial charge in [-0.15, -0.1) is 0 Å². The first-order valence-electron chi connectivity index (χ1n) is 10.3. The zero-order valence-electron chi connectivity index (χ0n) is 16.6. The predicted octanol–water partition coefficient (Wildman–Crippen LogP) is 3.89. The van der Waals surface area contributed by atoms with Gasteiger partial charge in [0, 0.05) is 49.3 Å². The van der Waals surface area contributed by atoms with Gasteiger partial charge in [0.25, 0.3) is 0 Å². The fourth-order valence-corrected chi connectivity index (χ4v) is 5.89. The third-order valence-electron chi connectivity index (χ3n) is 6.24.